The van der Waals surface area contributed by atoms with Crippen LogP contribution in [0.1, 0.15) is 43.0 Å². The minimum Gasteiger partial charge on any atom is -0.505 e. The van der Waals surface area contributed by atoms with E-state index in [0.717, 1.165) is 31.8 Å². The molecule has 98 valence electrons. The summed E-state index contributed by atoms with van der Waals surface area (Å²) in [6.07, 6.45) is 7.36. The summed E-state index contributed by atoms with van der Waals surface area (Å²) in [7, 11) is 0. The maximum Gasteiger partial charge on any atom is 0.257 e. The van der Waals surface area contributed by atoms with Crippen molar-refractivity contribution in [3.8, 4) is 5.75 Å². The second-order valence-electron chi connectivity index (χ2n) is 4.89. The summed E-state index contributed by atoms with van der Waals surface area (Å²) < 4.78 is 0. The molecule has 1 amide bonds. The summed E-state index contributed by atoms with van der Waals surface area (Å²) >= 11 is 0. The van der Waals surface area contributed by atoms with E-state index in [4.69, 9.17) is 0 Å². The van der Waals surface area contributed by atoms with E-state index in [1.54, 1.807) is 12.3 Å². The van der Waals surface area contributed by atoms with Crippen LogP contribution >= 0.6 is 0 Å². The first-order valence-electron chi connectivity index (χ1n) is 6.64. The van der Waals surface area contributed by atoms with E-state index >= 15 is 0 Å². The molecule has 1 aliphatic rings. The molecule has 1 unspecified atom stereocenters. The average Bonchev–Trinajstić information content (AvgIpc) is 2.63. The smallest absolute Gasteiger partial charge is 0.257 e. The number of hydrogen-bond acceptors (Lipinski definition) is 3. The Morgan fingerprint density at radius 2 is 2.33 bits per heavy atom. The lowest BCUT2D eigenvalue weighted by Crippen LogP contribution is -2.32. The van der Waals surface area contributed by atoms with Crippen LogP contribution in [0.5, 0.6) is 5.75 Å². The van der Waals surface area contributed by atoms with Crippen molar-refractivity contribution in [3.63, 3.8) is 0 Å². The maximum absolute atomic E-state index is 12.3. The molecule has 0 bridgehead atoms. The van der Waals surface area contributed by atoms with E-state index in [1.807, 2.05) is 4.90 Å². The molecule has 0 aromatic carbocycles. The number of hydrogen-bond donors (Lipinski definition) is 1. The fourth-order valence-electron chi connectivity index (χ4n) is 2.51. The third-order valence-electron chi connectivity index (χ3n) is 3.74. The molecule has 1 saturated heterocycles. The second kappa shape index (κ2) is 5.85. The number of aromatic nitrogens is 1. The summed E-state index contributed by atoms with van der Waals surface area (Å²) in [6.45, 7) is 3.78. The Morgan fingerprint density at radius 1 is 1.50 bits per heavy atom. The van der Waals surface area contributed by atoms with E-state index < -0.39 is 0 Å². The fourth-order valence-corrected chi connectivity index (χ4v) is 2.51. The van der Waals surface area contributed by atoms with Gasteiger partial charge in [0.2, 0.25) is 0 Å². The van der Waals surface area contributed by atoms with E-state index in [0.29, 0.717) is 5.56 Å². The molecule has 1 aromatic heterocycles. The highest BCUT2D eigenvalue weighted by Crippen LogP contribution is 2.23. The molecule has 4 nitrogen and oxygen atoms in total. The van der Waals surface area contributed by atoms with Gasteiger partial charge in [0.25, 0.3) is 5.91 Å². The largest absolute Gasteiger partial charge is 0.505 e. The van der Waals surface area contributed by atoms with Gasteiger partial charge in [-0.1, -0.05) is 13.3 Å². The molecule has 4 heteroatoms. The number of pyridine rings is 1. The first-order chi connectivity index (χ1) is 8.72. The lowest BCUT2D eigenvalue weighted by atomic mass is 9.98. The van der Waals surface area contributed by atoms with Gasteiger partial charge in [-0.2, -0.15) is 0 Å². The maximum atomic E-state index is 12.3. The molecule has 1 fully saturated rings. The van der Waals surface area contributed by atoms with Crippen molar-refractivity contribution in [2.75, 3.05) is 13.1 Å². The van der Waals surface area contributed by atoms with Crippen molar-refractivity contribution >= 4 is 5.91 Å². The van der Waals surface area contributed by atoms with Crippen LogP contribution in [0.2, 0.25) is 0 Å². The van der Waals surface area contributed by atoms with E-state index in [9.17, 15) is 9.90 Å². The molecule has 1 aromatic rings. The summed E-state index contributed by atoms with van der Waals surface area (Å²) in [6, 6.07) is 1.58. The van der Waals surface area contributed by atoms with Crippen molar-refractivity contribution in [3.05, 3.63) is 24.0 Å². The normalized spacial score (nSPS) is 20.5. The Hall–Kier alpha value is -1.58. The highest BCUT2D eigenvalue weighted by molar-refractivity contribution is 5.96. The average molecular weight is 248 g/mol. The lowest BCUT2D eigenvalue weighted by Gasteiger charge is -2.20. The van der Waals surface area contributed by atoms with Gasteiger partial charge in [-0.3, -0.25) is 9.78 Å². The first kappa shape index (κ1) is 12.9. The number of aromatic hydroxyl groups is 1. The molecule has 2 rings (SSSR count). The zero-order valence-electron chi connectivity index (χ0n) is 10.8. The predicted molar refractivity (Wildman–Crippen MR) is 69.4 cm³/mol. The van der Waals surface area contributed by atoms with Gasteiger partial charge in [0.05, 0.1) is 11.8 Å². The number of carbonyl (C=O) groups is 1. The van der Waals surface area contributed by atoms with Crippen molar-refractivity contribution in [1.29, 1.82) is 0 Å². The van der Waals surface area contributed by atoms with E-state index in [-0.39, 0.29) is 11.7 Å². The monoisotopic (exact) mass is 248 g/mol. The molecule has 0 spiro atoms. The highest BCUT2D eigenvalue weighted by Gasteiger charge is 2.22. The van der Waals surface area contributed by atoms with Gasteiger partial charge in [0, 0.05) is 19.3 Å². The van der Waals surface area contributed by atoms with Crippen LogP contribution in [-0.4, -0.2) is 34.0 Å². The van der Waals surface area contributed by atoms with Gasteiger partial charge in [-0.15, -0.1) is 0 Å². The highest BCUT2D eigenvalue weighted by atomic mass is 16.3. The van der Waals surface area contributed by atoms with Gasteiger partial charge in [-0.05, 0) is 31.2 Å². The lowest BCUT2D eigenvalue weighted by molar-refractivity contribution is 0.0756. The standard InChI is InChI=1S/C14H20N2O2/c1-2-11-4-3-8-16(9-6-11)14(18)12-5-7-15-10-13(12)17/h5,7,10-11,17H,2-4,6,8-9H2,1H3. The molecule has 1 atom stereocenters. The third kappa shape index (κ3) is 2.81. The number of carbonyl (C=O) groups excluding carboxylic acids is 1. The van der Waals surface area contributed by atoms with Crippen LogP contribution in [0.4, 0.5) is 0 Å². The predicted octanol–water partition coefficient (Wildman–Crippen LogP) is 2.44. The minimum absolute atomic E-state index is 0.0289. The summed E-state index contributed by atoms with van der Waals surface area (Å²) in [5.41, 5.74) is 0.361. The Labute approximate surface area is 108 Å². The van der Waals surface area contributed by atoms with Crippen molar-refractivity contribution in [2.24, 2.45) is 5.92 Å². The van der Waals surface area contributed by atoms with Gasteiger partial charge in [0.15, 0.2) is 0 Å². The van der Waals surface area contributed by atoms with Crippen molar-refractivity contribution in [1.82, 2.24) is 9.88 Å². The summed E-state index contributed by atoms with van der Waals surface area (Å²) in [4.78, 5) is 18.0. The molecular formula is C14H20N2O2. The number of nitrogens with zero attached hydrogens (tertiary/aromatic N) is 2. The second-order valence-corrected chi connectivity index (χ2v) is 4.89. The molecule has 0 radical (unpaired) electrons. The van der Waals surface area contributed by atoms with Crippen LogP contribution in [-0.2, 0) is 0 Å². The Morgan fingerprint density at radius 3 is 3.06 bits per heavy atom. The first-order valence-corrected chi connectivity index (χ1v) is 6.64. The van der Waals surface area contributed by atoms with Crippen molar-refractivity contribution < 1.29 is 9.90 Å². The van der Waals surface area contributed by atoms with Gasteiger partial charge >= 0.3 is 0 Å². The summed E-state index contributed by atoms with van der Waals surface area (Å²) in [5, 5.41) is 9.67. The number of amides is 1. The third-order valence-corrected chi connectivity index (χ3v) is 3.74. The van der Waals surface area contributed by atoms with Gasteiger partial charge in [-0.25, -0.2) is 0 Å². The number of rotatable bonds is 2. The Balaban J connectivity index is 2.08. The minimum atomic E-state index is -0.0772. The van der Waals surface area contributed by atoms with Gasteiger partial charge < -0.3 is 10.0 Å². The Kier molecular flexibility index (Phi) is 4.18. The topological polar surface area (TPSA) is 53.4 Å². The van der Waals surface area contributed by atoms with E-state index in [1.165, 1.54) is 19.0 Å². The number of likely N-dealkylation sites (tertiary alicyclic amines) is 1. The van der Waals surface area contributed by atoms with Gasteiger partial charge in [0.1, 0.15) is 5.75 Å². The summed E-state index contributed by atoms with van der Waals surface area (Å²) in [5.74, 6) is 0.624. The van der Waals surface area contributed by atoms with Crippen LogP contribution in [0.15, 0.2) is 18.5 Å². The zero-order valence-corrected chi connectivity index (χ0v) is 10.8. The molecule has 2 heterocycles. The van der Waals surface area contributed by atoms with Crippen LogP contribution in [0.25, 0.3) is 0 Å². The van der Waals surface area contributed by atoms with Crippen LogP contribution in [0, 0.1) is 5.92 Å². The van der Waals surface area contributed by atoms with E-state index in [2.05, 4.69) is 11.9 Å². The quantitative estimate of drug-likeness (QED) is 0.874. The Bertz CT molecular complexity index is 420. The zero-order chi connectivity index (χ0) is 13.0. The van der Waals surface area contributed by atoms with Crippen LogP contribution < -0.4 is 0 Å². The van der Waals surface area contributed by atoms with Crippen molar-refractivity contribution in [2.45, 2.75) is 32.6 Å². The molecule has 0 saturated carbocycles. The fraction of sp³-hybridized carbons (Fsp3) is 0.571. The van der Waals surface area contributed by atoms with Crippen LogP contribution in [0.3, 0.4) is 0 Å². The SMILES string of the molecule is CCC1CCCN(C(=O)c2ccncc2O)CC1. The molecule has 1 aliphatic heterocycles. The molecule has 0 aliphatic carbocycles. The molecule has 18 heavy (non-hydrogen) atoms. The molecule has 1 N–H and O–H groups in total. The molecular weight excluding hydrogens is 228 g/mol.